The summed E-state index contributed by atoms with van der Waals surface area (Å²) in [5, 5.41) is 7.21. The Morgan fingerprint density at radius 2 is 1.76 bits per heavy atom. The second-order valence-corrected chi connectivity index (χ2v) is 8.52. The van der Waals surface area contributed by atoms with Gasteiger partial charge in [0, 0.05) is 51.0 Å². The van der Waals surface area contributed by atoms with E-state index in [0.29, 0.717) is 24.8 Å². The Bertz CT molecular complexity index is 1070. The fourth-order valence-corrected chi connectivity index (χ4v) is 4.45. The van der Waals surface area contributed by atoms with Crippen molar-refractivity contribution in [3.05, 3.63) is 54.6 Å². The van der Waals surface area contributed by atoms with Gasteiger partial charge in [-0.3, -0.25) is 4.90 Å². The van der Waals surface area contributed by atoms with E-state index >= 15 is 0 Å². The van der Waals surface area contributed by atoms with E-state index in [1.807, 2.05) is 47.4 Å². The van der Waals surface area contributed by atoms with E-state index in [0.717, 1.165) is 56.1 Å². The largest absolute Gasteiger partial charge is 0.355 e. The summed E-state index contributed by atoms with van der Waals surface area (Å²) in [7, 11) is 0. The Hall–Kier alpha value is -3.46. The van der Waals surface area contributed by atoms with Crippen LogP contribution in [-0.4, -0.2) is 70.2 Å². The van der Waals surface area contributed by atoms with Crippen molar-refractivity contribution in [2.24, 2.45) is 0 Å². The normalized spacial score (nSPS) is 17.8. The lowest BCUT2D eigenvalue weighted by Crippen LogP contribution is -2.50. The molecule has 0 saturated carbocycles. The Balaban J connectivity index is 1.18. The molecular weight excluding hydrogens is 418 g/mol. The highest BCUT2D eigenvalue weighted by Crippen LogP contribution is 2.27. The number of hydrogen-bond donors (Lipinski definition) is 1. The van der Waals surface area contributed by atoms with Crippen LogP contribution >= 0.6 is 0 Å². The number of rotatable bonds is 5. The van der Waals surface area contributed by atoms with Crippen molar-refractivity contribution in [3.63, 3.8) is 0 Å². The topological polar surface area (TPSA) is 90.6 Å². The molecule has 0 radical (unpaired) electrons. The van der Waals surface area contributed by atoms with Gasteiger partial charge in [0.05, 0.1) is 11.7 Å². The number of nitrogens with one attached hydrogen (secondary N) is 1. The predicted molar refractivity (Wildman–Crippen MR) is 126 cm³/mol. The highest BCUT2D eigenvalue weighted by atomic mass is 16.5. The van der Waals surface area contributed by atoms with Crippen LogP contribution in [0.15, 0.2) is 53.2 Å². The predicted octanol–water partition coefficient (Wildman–Crippen LogP) is 3.64. The van der Waals surface area contributed by atoms with Gasteiger partial charge in [-0.2, -0.15) is 4.98 Å². The summed E-state index contributed by atoms with van der Waals surface area (Å²) in [6, 6.07) is 13.5. The van der Waals surface area contributed by atoms with E-state index in [9.17, 15) is 4.79 Å². The van der Waals surface area contributed by atoms with Crippen LogP contribution in [0.25, 0.3) is 11.4 Å². The first kappa shape index (κ1) is 21.4. The van der Waals surface area contributed by atoms with Crippen molar-refractivity contribution in [2.75, 3.05) is 49.5 Å². The minimum Gasteiger partial charge on any atom is -0.355 e. The van der Waals surface area contributed by atoms with Crippen molar-refractivity contribution in [1.29, 1.82) is 0 Å². The van der Waals surface area contributed by atoms with Crippen molar-refractivity contribution >= 4 is 17.5 Å². The zero-order chi connectivity index (χ0) is 22.6. The molecule has 0 spiro atoms. The first-order valence-corrected chi connectivity index (χ1v) is 11.6. The monoisotopic (exact) mass is 447 g/mol. The zero-order valence-corrected chi connectivity index (χ0v) is 18.9. The first-order valence-electron chi connectivity index (χ1n) is 11.6. The molecule has 2 saturated heterocycles. The van der Waals surface area contributed by atoms with Crippen LogP contribution in [0.5, 0.6) is 0 Å². The van der Waals surface area contributed by atoms with Gasteiger partial charge in [-0.05, 0) is 31.9 Å². The number of benzene rings is 1. The lowest BCUT2D eigenvalue weighted by atomic mass is 10.2. The molecule has 1 unspecified atom stereocenters. The third-order valence-electron chi connectivity index (χ3n) is 6.41. The number of carbonyl (C=O) groups excluding carboxylic acids is 1. The second-order valence-electron chi connectivity index (χ2n) is 8.52. The molecule has 2 aromatic heterocycles. The van der Waals surface area contributed by atoms with Crippen LogP contribution in [0, 0.1) is 0 Å². The molecule has 5 rings (SSSR count). The molecule has 0 bridgehead atoms. The molecule has 9 nitrogen and oxygen atoms in total. The summed E-state index contributed by atoms with van der Waals surface area (Å²) in [6.07, 6.45) is 4.11. The van der Waals surface area contributed by atoms with Gasteiger partial charge in [-0.1, -0.05) is 35.5 Å². The van der Waals surface area contributed by atoms with Crippen molar-refractivity contribution < 1.29 is 9.32 Å². The molecular formula is C24H29N7O2. The van der Waals surface area contributed by atoms with Gasteiger partial charge < -0.3 is 19.6 Å². The summed E-state index contributed by atoms with van der Waals surface area (Å²) in [5.41, 5.74) is 1.71. The molecule has 2 amide bonds. The van der Waals surface area contributed by atoms with E-state index in [-0.39, 0.29) is 12.1 Å². The number of urea groups is 1. The van der Waals surface area contributed by atoms with Gasteiger partial charge in [0.15, 0.2) is 5.82 Å². The smallest absolute Gasteiger partial charge is 0.322 e. The molecule has 9 heteroatoms. The molecule has 0 aliphatic carbocycles. The maximum atomic E-state index is 13.0. The average Bonchev–Trinajstić information content (AvgIpc) is 3.57. The fourth-order valence-electron chi connectivity index (χ4n) is 4.45. The highest BCUT2D eigenvalue weighted by molar-refractivity contribution is 5.92. The summed E-state index contributed by atoms with van der Waals surface area (Å²) in [5.74, 6) is 2.05. The van der Waals surface area contributed by atoms with Crippen LogP contribution in [0.3, 0.4) is 0 Å². The minimum absolute atomic E-state index is 0.0136. The van der Waals surface area contributed by atoms with Crippen LogP contribution in [0.4, 0.5) is 16.3 Å². The highest BCUT2D eigenvalue weighted by Gasteiger charge is 2.28. The van der Waals surface area contributed by atoms with E-state index in [1.165, 1.54) is 0 Å². The molecule has 1 atom stereocenters. The average molecular weight is 448 g/mol. The van der Waals surface area contributed by atoms with Crippen LogP contribution in [-0.2, 0) is 0 Å². The molecule has 3 aromatic rings. The molecule has 172 valence electrons. The summed E-state index contributed by atoms with van der Waals surface area (Å²) in [4.78, 5) is 28.4. The van der Waals surface area contributed by atoms with Gasteiger partial charge in [0.1, 0.15) is 0 Å². The summed E-state index contributed by atoms with van der Waals surface area (Å²) < 4.78 is 5.54. The molecule has 33 heavy (non-hydrogen) atoms. The van der Waals surface area contributed by atoms with Gasteiger partial charge in [-0.25, -0.2) is 9.78 Å². The van der Waals surface area contributed by atoms with Crippen molar-refractivity contribution in [2.45, 2.75) is 25.8 Å². The third-order valence-corrected chi connectivity index (χ3v) is 6.41. The number of aromatic nitrogens is 3. The zero-order valence-electron chi connectivity index (χ0n) is 18.9. The van der Waals surface area contributed by atoms with Gasteiger partial charge in [-0.15, -0.1) is 0 Å². The number of pyridine rings is 1. The number of hydrogen-bond acceptors (Lipinski definition) is 7. The van der Waals surface area contributed by atoms with E-state index < -0.39 is 0 Å². The molecule has 4 heterocycles. The quantitative estimate of drug-likeness (QED) is 0.638. The van der Waals surface area contributed by atoms with Gasteiger partial charge in [0.25, 0.3) is 0 Å². The molecule has 2 aliphatic heterocycles. The van der Waals surface area contributed by atoms with E-state index in [1.54, 1.807) is 6.20 Å². The number of piperazine rings is 1. The van der Waals surface area contributed by atoms with E-state index in [4.69, 9.17) is 4.52 Å². The standard InChI is InChI=1S/C24H29N7O2/c1-18(23-27-21(28-33-23)19-8-3-2-4-9-19)29-14-16-31(17-15-29)24(32)26-20-10-7-11-25-22(20)30-12-5-6-13-30/h2-4,7-11,18H,5-6,12-17H2,1H3,(H,26,32). The number of carbonyl (C=O) groups is 1. The second kappa shape index (κ2) is 9.58. The Morgan fingerprint density at radius 3 is 2.52 bits per heavy atom. The first-order chi connectivity index (χ1) is 16.2. The van der Waals surface area contributed by atoms with E-state index in [2.05, 4.69) is 37.2 Å². The minimum atomic E-state index is -0.0834. The van der Waals surface area contributed by atoms with Crippen LogP contribution in [0.1, 0.15) is 31.7 Å². The van der Waals surface area contributed by atoms with Gasteiger partial charge in [0.2, 0.25) is 11.7 Å². The number of amides is 2. The fraction of sp³-hybridized carbons (Fsp3) is 0.417. The lowest BCUT2D eigenvalue weighted by Gasteiger charge is -2.36. The van der Waals surface area contributed by atoms with Crippen molar-refractivity contribution in [3.8, 4) is 11.4 Å². The molecule has 2 aliphatic rings. The molecule has 1 N–H and O–H groups in total. The Morgan fingerprint density at radius 1 is 1.00 bits per heavy atom. The maximum absolute atomic E-state index is 13.0. The summed E-state index contributed by atoms with van der Waals surface area (Å²) >= 11 is 0. The van der Waals surface area contributed by atoms with Crippen LogP contribution < -0.4 is 10.2 Å². The number of anilines is 2. The lowest BCUT2D eigenvalue weighted by molar-refractivity contribution is 0.104. The number of nitrogens with zero attached hydrogens (tertiary/aromatic N) is 6. The molecule has 1 aromatic carbocycles. The molecule has 2 fully saturated rings. The Kier molecular flexibility index (Phi) is 6.21. The Labute approximate surface area is 193 Å². The third kappa shape index (κ3) is 4.68. The summed E-state index contributed by atoms with van der Waals surface area (Å²) in [6.45, 7) is 6.78. The van der Waals surface area contributed by atoms with Crippen molar-refractivity contribution in [1.82, 2.24) is 24.9 Å². The maximum Gasteiger partial charge on any atom is 0.322 e. The van der Waals surface area contributed by atoms with Crippen LogP contribution in [0.2, 0.25) is 0 Å². The van der Waals surface area contributed by atoms with Gasteiger partial charge >= 0.3 is 6.03 Å². The SMILES string of the molecule is CC(c1nc(-c2ccccc2)no1)N1CCN(C(=O)Nc2cccnc2N2CCCC2)CC1.